The minimum absolute atomic E-state index is 0.0979. The first-order chi connectivity index (χ1) is 12.5. The maximum absolute atomic E-state index is 12.4. The normalized spacial score (nSPS) is 13.6. The molecule has 2 nitrogen and oxygen atoms in total. The van der Waals surface area contributed by atoms with Crippen LogP contribution in [0.4, 0.5) is 0 Å². The summed E-state index contributed by atoms with van der Waals surface area (Å²) in [4.78, 5) is 0.455. The highest BCUT2D eigenvalue weighted by atomic mass is 32.2. The second-order valence-corrected chi connectivity index (χ2v) is 12.7. The van der Waals surface area contributed by atoms with Gasteiger partial charge in [-0.3, -0.25) is 0 Å². The van der Waals surface area contributed by atoms with Crippen molar-refractivity contribution in [2.75, 3.05) is 6.26 Å². The summed E-state index contributed by atoms with van der Waals surface area (Å²) in [5, 5.41) is 0. The van der Waals surface area contributed by atoms with Crippen molar-refractivity contribution >= 4 is 9.84 Å². The molecule has 0 bridgehead atoms. The van der Waals surface area contributed by atoms with Gasteiger partial charge in [-0.2, -0.15) is 0 Å². The van der Waals surface area contributed by atoms with Crippen LogP contribution in [0.25, 0.3) is 0 Å². The molecule has 0 aromatic heterocycles. The third kappa shape index (κ3) is 5.26. The van der Waals surface area contributed by atoms with Gasteiger partial charge in [-0.25, -0.2) is 8.42 Å². The molecule has 3 heteroatoms. The van der Waals surface area contributed by atoms with Crippen LogP contribution in [0.2, 0.25) is 0 Å². The van der Waals surface area contributed by atoms with Crippen molar-refractivity contribution in [3.63, 3.8) is 0 Å². The number of hydrogen-bond acceptors (Lipinski definition) is 2. The highest BCUT2D eigenvalue weighted by Crippen LogP contribution is 2.34. The van der Waals surface area contributed by atoms with Crippen molar-refractivity contribution in [3.05, 3.63) is 64.7 Å². The van der Waals surface area contributed by atoms with Crippen LogP contribution in [-0.2, 0) is 32.5 Å². The van der Waals surface area contributed by atoms with Gasteiger partial charge in [0.25, 0.3) is 0 Å². The summed E-state index contributed by atoms with van der Waals surface area (Å²) in [5.41, 5.74) is 4.32. The maximum Gasteiger partial charge on any atom is 0.175 e. The van der Waals surface area contributed by atoms with E-state index >= 15 is 0 Å². The van der Waals surface area contributed by atoms with E-state index in [1.807, 2.05) is 12.1 Å². The van der Waals surface area contributed by atoms with E-state index in [-0.39, 0.29) is 16.2 Å². The van der Waals surface area contributed by atoms with Gasteiger partial charge in [0.1, 0.15) is 0 Å². The van der Waals surface area contributed by atoms with Crippen molar-refractivity contribution < 1.29 is 8.42 Å². The average molecular weight is 401 g/mol. The zero-order valence-corrected chi connectivity index (χ0v) is 19.8. The first kappa shape index (κ1) is 22.7. The predicted octanol–water partition coefficient (Wildman–Crippen LogP) is 6.21. The molecule has 0 saturated heterocycles. The average Bonchev–Trinajstić information content (AvgIpc) is 2.52. The van der Waals surface area contributed by atoms with Crippen molar-refractivity contribution in [3.8, 4) is 0 Å². The van der Waals surface area contributed by atoms with Gasteiger partial charge in [0.15, 0.2) is 9.84 Å². The second kappa shape index (κ2) is 7.33. The molecule has 0 N–H and O–H groups in total. The molecule has 0 fully saturated rings. The molecule has 0 radical (unpaired) electrons. The van der Waals surface area contributed by atoms with Crippen LogP contribution in [0.15, 0.2) is 47.4 Å². The summed E-state index contributed by atoms with van der Waals surface area (Å²) in [5.74, 6) is 0. The van der Waals surface area contributed by atoms with Gasteiger partial charge in [0.05, 0.1) is 4.90 Å². The largest absolute Gasteiger partial charge is 0.224 e. The zero-order chi connectivity index (χ0) is 21.5. The smallest absolute Gasteiger partial charge is 0.175 e. The Bertz CT molecular complexity index is 953. The Balaban J connectivity index is 2.47. The summed E-state index contributed by atoms with van der Waals surface area (Å²) >= 11 is 0. The molecule has 0 aliphatic carbocycles. The van der Waals surface area contributed by atoms with E-state index in [2.05, 4.69) is 85.7 Å². The van der Waals surface area contributed by atoms with Crippen molar-refractivity contribution in [2.45, 2.75) is 83.0 Å². The molecule has 0 saturated carbocycles. The molecule has 0 aliphatic heterocycles. The molecule has 0 heterocycles. The highest BCUT2D eigenvalue weighted by Gasteiger charge is 2.27. The molecular weight excluding hydrogens is 364 g/mol. The lowest BCUT2D eigenvalue weighted by Gasteiger charge is -2.29. The van der Waals surface area contributed by atoms with Crippen LogP contribution < -0.4 is 0 Å². The Morgan fingerprint density at radius 1 is 0.750 bits per heavy atom. The Labute approximate surface area is 172 Å². The summed E-state index contributed by atoms with van der Waals surface area (Å²) < 4.78 is 24.9. The van der Waals surface area contributed by atoms with E-state index in [4.69, 9.17) is 0 Å². The number of rotatable bonds is 4. The van der Waals surface area contributed by atoms with E-state index in [0.717, 1.165) is 17.5 Å². The molecule has 154 valence electrons. The van der Waals surface area contributed by atoms with Crippen LogP contribution in [0, 0.1) is 0 Å². The Hall–Kier alpha value is -1.61. The topological polar surface area (TPSA) is 34.1 Å². The van der Waals surface area contributed by atoms with Gasteiger partial charge in [-0.15, -0.1) is 0 Å². The van der Waals surface area contributed by atoms with Crippen molar-refractivity contribution in [1.29, 1.82) is 0 Å². The van der Waals surface area contributed by atoms with Crippen LogP contribution in [-0.4, -0.2) is 14.7 Å². The van der Waals surface area contributed by atoms with Gasteiger partial charge < -0.3 is 0 Å². The third-order valence-electron chi connectivity index (χ3n) is 5.41. The van der Waals surface area contributed by atoms with E-state index in [1.165, 1.54) is 17.4 Å². The predicted molar refractivity (Wildman–Crippen MR) is 120 cm³/mol. The molecule has 2 aromatic carbocycles. The fourth-order valence-electron chi connectivity index (χ4n) is 3.62. The van der Waals surface area contributed by atoms with Gasteiger partial charge >= 0.3 is 0 Å². The molecule has 28 heavy (non-hydrogen) atoms. The molecule has 0 amide bonds. The molecular formula is C25H36O2S. The van der Waals surface area contributed by atoms with Crippen LogP contribution in [0.3, 0.4) is 0 Å². The summed E-state index contributed by atoms with van der Waals surface area (Å²) in [6.45, 7) is 17.3. The van der Waals surface area contributed by atoms with Crippen molar-refractivity contribution in [1.82, 2.24) is 0 Å². The van der Waals surface area contributed by atoms with Crippen LogP contribution in [0.1, 0.15) is 77.6 Å². The highest BCUT2D eigenvalue weighted by molar-refractivity contribution is 7.90. The quantitative estimate of drug-likeness (QED) is 0.612. The molecule has 2 rings (SSSR count). The lowest BCUT2D eigenvalue weighted by atomic mass is 9.76. The lowest BCUT2D eigenvalue weighted by molar-refractivity contribution is 0.515. The Morgan fingerprint density at radius 2 is 1.32 bits per heavy atom. The van der Waals surface area contributed by atoms with Gasteiger partial charge in [-0.1, -0.05) is 91.8 Å². The molecule has 0 atom stereocenters. The van der Waals surface area contributed by atoms with E-state index < -0.39 is 9.84 Å². The van der Waals surface area contributed by atoms with Crippen molar-refractivity contribution in [2.24, 2.45) is 0 Å². The zero-order valence-electron chi connectivity index (χ0n) is 19.0. The fourth-order valence-corrected chi connectivity index (χ4v) is 4.76. The van der Waals surface area contributed by atoms with E-state index in [0.29, 0.717) is 4.90 Å². The van der Waals surface area contributed by atoms with Crippen LogP contribution >= 0.6 is 0 Å². The molecule has 0 aliphatic rings. The summed E-state index contributed by atoms with van der Waals surface area (Å²) in [7, 11) is -3.29. The van der Waals surface area contributed by atoms with Gasteiger partial charge in [0, 0.05) is 6.26 Å². The third-order valence-corrected chi connectivity index (χ3v) is 6.55. The first-order valence-electron chi connectivity index (χ1n) is 9.96. The molecule has 2 aromatic rings. The number of benzene rings is 2. The van der Waals surface area contributed by atoms with E-state index in [1.54, 1.807) is 0 Å². The lowest BCUT2D eigenvalue weighted by Crippen LogP contribution is -2.23. The minimum Gasteiger partial charge on any atom is -0.224 e. The first-order valence-corrected chi connectivity index (χ1v) is 11.9. The standard InChI is InChI=1S/C25H36O2S/c1-23(2,3)19-11-10-12-20(16-19)25(7,8)17-18-13-14-21(24(4,5)6)22(15-18)28(9,26)27/h10-16H,17H2,1-9H3. The molecule has 0 unspecified atom stereocenters. The Morgan fingerprint density at radius 3 is 1.82 bits per heavy atom. The SMILES string of the molecule is CC(C)(C)c1cccc(C(C)(C)Cc2ccc(C(C)(C)C)c(S(C)(=O)=O)c2)c1. The monoisotopic (exact) mass is 400 g/mol. The van der Waals surface area contributed by atoms with Gasteiger partial charge in [0.2, 0.25) is 0 Å². The maximum atomic E-state index is 12.4. The summed E-state index contributed by atoms with van der Waals surface area (Å²) in [6, 6.07) is 14.7. The van der Waals surface area contributed by atoms with Gasteiger partial charge in [-0.05, 0) is 51.0 Å². The molecule has 0 spiro atoms. The fraction of sp³-hybridized carbons (Fsp3) is 0.520. The Kier molecular flexibility index (Phi) is 5.94. The van der Waals surface area contributed by atoms with Crippen LogP contribution in [0.5, 0.6) is 0 Å². The summed E-state index contributed by atoms with van der Waals surface area (Å²) in [6.07, 6.45) is 2.09. The second-order valence-electron chi connectivity index (χ2n) is 10.7. The van der Waals surface area contributed by atoms with E-state index in [9.17, 15) is 8.42 Å². The number of hydrogen-bond donors (Lipinski definition) is 0. The number of sulfone groups is 1. The minimum atomic E-state index is -3.29.